The molecule has 0 saturated carbocycles. The van der Waals surface area contributed by atoms with Gasteiger partial charge in [-0.25, -0.2) is 8.42 Å². The van der Waals surface area contributed by atoms with Crippen LogP contribution in [0.15, 0.2) is 41.3 Å². The van der Waals surface area contributed by atoms with Gasteiger partial charge in [-0.3, -0.25) is 9.59 Å². The molecule has 0 unspecified atom stereocenters. The lowest BCUT2D eigenvalue weighted by molar-refractivity contribution is -0.121. The Kier molecular flexibility index (Phi) is 6.76. The Bertz CT molecular complexity index is 1280. The molecule has 0 aromatic heterocycles. The molecule has 1 saturated heterocycles. The summed E-state index contributed by atoms with van der Waals surface area (Å²) in [7, 11) is -4.08. The molecule has 11 heteroatoms. The maximum Gasteiger partial charge on any atom is 0.251 e. The molecule has 0 spiro atoms. The van der Waals surface area contributed by atoms with Crippen molar-refractivity contribution in [3.8, 4) is 17.2 Å². The number of amides is 2. The van der Waals surface area contributed by atoms with Crippen molar-refractivity contribution in [2.75, 3.05) is 32.9 Å². The van der Waals surface area contributed by atoms with Crippen molar-refractivity contribution in [3.05, 3.63) is 47.5 Å². The number of carbonyl (C=O) groups excluding carboxylic acids is 2. The van der Waals surface area contributed by atoms with Gasteiger partial charge < -0.3 is 24.8 Å². The third kappa shape index (κ3) is 4.72. The monoisotopic (exact) mass is 515 g/mol. The van der Waals surface area contributed by atoms with E-state index in [1.165, 1.54) is 10.4 Å². The van der Waals surface area contributed by atoms with Crippen LogP contribution in [-0.4, -0.2) is 69.5 Å². The molecule has 2 aromatic carbocycles. The second-order valence-electron chi connectivity index (χ2n) is 9.09. The van der Waals surface area contributed by atoms with Crippen molar-refractivity contribution in [2.24, 2.45) is 0 Å². The fraction of sp³-hybridized carbons (Fsp3) is 0.440. The minimum absolute atomic E-state index is 0.00201. The molecule has 2 aromatic rings. The highest BCUT2D eigenvalue weighted by atomic mass is 32.2. The standard InChI is InChI=1S/C25H29N3O7S/c1-16-5-6-17-13-21(16)33-10-9-26-23(29)14-18-7-8-19(15-27-25(17)30)28(18)36(31,32)22-4-2-3-20-24(22)35-12-11-34-20/h2-6,13,18-19H,7-12,14-15H2,1H3,(H,26,29)(H,27,30)/t18-,19+/m0/s1. The van der Waals surface area contributed by atoms with Crippen LogP contribution in [0.2, 0.25) is 0 Å². The van der Waals surface area contributed by atoms with Crippen molar-refractivity contribution < 1.29 is 32.2 Å². The van der Waals surface area contributed by atoms with E-state index in [0.717, 1.165) is 5.56 Å². The van der Waals surface area contributed by atoms with E-state index in [9.17, 15) is 18.0 Å². The number of benzene rings is 2. The predicted molar refractivity (Wildman–Crippen MR) is 130 cm³/mol. The van der Waals surface area contributed by atoms with Gasteiger partial charge in [0.2, 0.25) is 15.9 Å². The summed E-state index contributed by atoms with van der Waals surface area (Å²) in [6.45, 7) is 3.04. The molecule has 192 valence electrons. The van der Waals surface area contributed by atoms with Crippen LogP contribution in [-0.2, 0) is 14.8 Å². The average molecular weight is 516 g/mol. The number of hydrogen-bond donors (Lipinski definition) is 2. The number of para-hydroxylation sites is 1. The Hall–Kier alpha value is -3.31. The Morgan fingerprint density at radius 3 is 2.56 bits per heavy atom. The molecule has 2 atom stereocenters. The van der Waals surface area contributed by atoms with Crippen LogP contribution in [0.3, 0.4) is 0 Å². The van der Waals surface area contributed by atoms with E-state index in [1.54, 1.807) is 30.3 Å². The maximum absolute atomic E-state index is 14.0. The summed E-state index contributed by atoms with van der Waals surface area (Å²) in [4.78, 5) is 25.7. The van der Waals surface area contributed by atoms with Gasteiger partial charge in [0.25, 0.3) is 5.91 Å². The van der Waals surface area contributed by atoms with Crippen LogP contribution in [0.4, 0.5) is 0 Å². The van der Waals surface area contributed by atoms with E-state index in [4.69, 9.17) is 14.2 Å². The zero-order valence-electron chi connectivity index (χ0n) is 20.0. The molecular formula is C25H29N3O7S. The fourth-order valence-electron chi connectivity index (χ4n) is 4.92. The zero-order valence-corrected chi connectivity index (χ0v) is 20.8. The number of nitrogens with zero attached hydrogens (tertiary/aromatic N) is 1. The predicted octanol–water partition coefficient (Wildman–Crippen LogP) is 1.62. The summed E-state index contributed by atoms with van der Waals surface area (Å²) in [5, 5.41) is 5.70. The van der Waals surface area contributed by atoms with Gasteiger partial charge in [-0.1, -0.05) is 12.1 Å². The van der Waals surface area contributed by atoms with Crippen LogP contribution in [0, 0.1) is 6.92 Å². The van der Waals surface area contributed by atoms with Crippen LogP contribution in [0.5, 0.6) is 17.2 Å². The molecule has 1 fully saturated rings. The van der Waals surface area contributed by atoms with Crippen molar-refractivity contribution in [2.45, 2.75) is 43.2 Å². The number of fused-ring (bicyclic) bond motifs is 5. The number of nitrogens with one attached hydrogen (secondary N) is 2. The first-order valence-corrected chi connectivity index (χ1v) is 13.5. The van der Waals surface area contributed by atoms with Crippen molar-refractivity contribution in [1.82, 2.24) is 14.9 Å². The topological polar surface area (TPSA) is 123 Å². The Morgan fingerprint density at radius 2 is 1.69 bits per heavy atom. The molecule has 3 aliphatic heterocycles. The Balaban J connectivity index is 1.49. The smallest absolute Gasteiger partial charge is 0.251 e. The summed E-state index contributed by atoms with van der Waals surface area (Å²) < 4.78 is 46.4. The summed E-state index contributed by atoms with van der Waals surface area (Å²) in [5.74, 6) is 0.529. The molecule has 3 aliphatic rings. The summed E-state index contributed by atoms with van der Waals surface area (Å²) in [6, 6.07) is 8.84. The minimum atomic E-state index is -4.08. The molecule has 0 aliphatic carbocycles. The largest absolute Gasteiger partial charge is 0.491 e. The van der Waals surface area contributed by atoms with Gasteiger partial charge in [0.1, 0.15) is 30.5 Å². The van der Waals surface area contributed by atoms with Crippen LogP contribution >= 0.6 is 0 Å². The van der Waals surface area contributed by atoms with Crippen LogP contribution < -0.4 is 24.8 Å². The van der Waals surface area contributed by atoms with Gasteiger partial charge in [0, 0.05) is 30.6 Å². The van der Waals surface area contributed by atoms with Gasteiger partial charge in [-0.2, -0.15) is 4.31 Å². The first-order chi connectivity index (χ1) is 17.3. The van der Waals surface area contributed by atoms with Gasteiger partial charge in [-0.05, 0) is 49.6 Å². The third-order valence-corrected chi connectivity index (χ3v) is 8.72. The maximum atomic E-state index is 14.0. The second-order valence-corrected chi connectivity index (χ2v) is 10.9. The highest BCUT2D eigenvalue weighted by molar-refractivity contribution is 7.89. The quantitative estimate of drug-likeness (QED) is 0.623. The van der Waals surface area contributed by atoms with E-state index in [-0.39, 0.29) is 55.2 Å². The highest BCUT2D eigenvalue weighted by Gasteiger charge is 2.44. The average Bonchev–Trinajstić information content (AvgIpc) is 3.28. The van der Waals surface area contributed by atoms with Gasteiger partial charge >= 0.3 is 0 Å². The Labute approximate surface area is 209 Å². The molecular weight excluding hydrogens is 486 g/mol. The lowest BCUT2D eigenvalue weighted by Crippen LogP contribution is -2.47. The molecule has 5 rings (SSSR count). The second kappa shape index (κ2) is 9.98. The van der Waals surface area contributed by atoms with Crippen molar-refractivity contribution >= 4 is 21.8 Å². The molecule has 10 nitrogen and oxygen atoms in total. The molecule has 4 bridgehead atoms. The molecule has 3 heterocycles. The SMILES string of the molecule is Cc1ccc2cc1OCCNC(=O)C[C@@H]1CC[C@H](CNC2=O)N1S(=O)(=O)c1cccc2c1OCCO2. The van der Waals surface area contributed by atoms with Crippen molar-refractivity contribution in [3.63, 3.8) is 0 Å². The number of carbonyl (C=O) groups is 2. The molecule has 0 radical (unpaired) electrons. The lowest BCUT2D eigenvalue weighted by atomic mass is 10.1. The number of sulfonamides is 1. The first-order valence-electron chi connectivity index (χ1n) is 12.0. The summed E-state index contributed by atoms with van der Waals surface area (Å²) >= 11 is 0. The van der Waals surface area contributed by atoms with Gasteiger partial charge in [0.15, 0.2) is 11.5 Å². The van der Waals surface area contributed by atoms with Crippen LogP contribution in [0.25, 0.3) is 0 Å². The first kappa shape index (κ1) is 24.4. The van der Waals surface area contributed by atoms with E-state index in [0.29, 0.717) is 36.5 Å². The fourth-order valence-corrected chi connectivity index (χ4v) is 6.94. The third-order valence-electron chi connectivity index (χ3n) is 6.69. The normalized spacial score (nSPS) is 23.0. The van der Waals surface area contributed by atoms with Gasteiger partial charge in [-0.15, -0.1) is 0 Å². The molecule has 2 N–H and O–H groups in total. The van der Waals surface area contributed by atoms with E-state index >= 15 is 0 Å². The molecule has 36 heavy (non-hydrogen) atoms. The zero-order chi connectivity index (χ0) is 25.3. The van der Waals surface area contributed by atoms with Crippen LogP contribution in [0.1, 0.15) is 35.2 Å². The van der Waals surface area contributed by atoms with E-state index in [2.05, 4.69) is 10.6 Å². The lowest BCUT2D eigenvalue weighted by Gasteiger charge is -2.31. The van der Waals surface area contributed by atoms with E-state index in [1.807, 2.05) is 6.92 Å². The number of aryl methyl sites for hydroxylation is 1. The number of ether oxygens (including phenoxy) is 3. The number of hydrogen-bond acceptors (Lipinski definition) is 7. The highest BCUT2D eigenvalue weighted by Crippen LogP contribution is 2.41. The minimum Gasteiger partial charge on any atom is -0.491 e. The summed E-state index contributed by atoms with van der Waals surface area (Å²) in [6.07, 6.45) is 1.000. The molecule has 2 amide bonds. The van der Waals surface area contributed by atoms with E-state index < -0.39 is 22.1 Å². The summed E-state index contributed by atoms with van der Waals surface area (Å²) in [5.41, 5.74) is 1.29. The Morgan fingerprint density at radius 1 is 0.917 bits per heavy atom. The number of rotatable bonds is 2. The van der Waals surface area contributed by atoms with Crippen molar-refractivity contribution in [1.29, 1.82) is 0 Å². The van der Waals surface area contributed by atoms with Gasteiger partial charge in [0.05, 0.1) is 6.54 Å².